The topological polar surface area (TPSA) is 27.7 Å². The molecule has 3 nitrogen and oxygen atoms in total. The summed E-state index contributed by atoms with van der Waals surface area (Å²) in [4.78, 5) is 0. The highest BCUT2D eigenvalue weighted by molar-refractivity contribution is 6.74. The Morgan fingerprint density at radius 3 is 2.32 bits per heavy atom. The van der Waals surface area contributed by atoms with E-state index in [1.807, 2.05) is 12.1 Å². The molecule has 0 saturated heterocycles. The van der Waals surface area contributed by atoms with Crippen molar-refractivity contribution in [3.8, 4) is 5.75 Å². The number of methoxy groups -OCH3 is 1. The third kappa shape index (κ3) is 5.37. The Bertz CT molecular complexity index is 708. The van der Waals surface area contributed by atoms with Gasteiger partial charge >= 0.3 is 0 Å². The summed E-state index contributed by atoms with van der Waals surface area (Å²) in [6, 6.07) is 8.06. The zero-order chi connectivity index (χ0) is 21.2. The highest BCUT2D eigenvalue weighted by Gasteiger charge is 2.42. The zero-order valence-electron chi connectivity index (χ0n) is 19.0. The van der Waals surface area contributed by atoms with Crippen molar-refractivity contribution in [1.29, 1.82) is 0 Å². The molecular weight excluding hydrogens is 364 g/mol. The van der Waals surface area contributed by atoms with Crippen LogP contribution in [-0.2, 0) is 15.8 Å². The van der Waals surface area contributed by atoms with E-state index in [2.05, 4.69) is 72.5 Å². The fraction of sp³-hybridized carbons (Fsp3) is 0.583. The second kappa shape index (κ2) is 8.56. The molecule has 0 bridgehead atoms. The highest BCUT2D eigenvalue weighted by atomic mass is 28.4. The summed E-state index contributed by atoms with van der Waals surface area (Å²) in [6.07, 6.45) is 3.19. The van der Waals surface area contributed by atoms with Crippen LogP contribution in [0.4, 0.5) is 0 Å². The first kappa shape index (κ1) is 22.9. The van der Waals surface area contributed by atoms with Crippen LogP contribution in [0.25, 0.3) is 0 Å². The number of hydrogen-bond donors (Lipinski definition) is 0. The first-order valence-corrected chi connectivity index (χ1v) is 13.0. The van der Waals surface area contributed by atoms with E-state index in [4.69, 9.17) is 13.9 Å². The van der Waals surface area contributed by atoms with Crippen LogP contribution in [0.2, 0.25) is 18.1 Å². The van der Waals surface area contributed by atoms with Crippen molar-refractivity contribution in [1.82, 2.24) is 0 Å². The molecule has 1 atom stereocenters. The van der Waals surface area contributed by atoms with E-state index < -0.39 is 8.32 Å². The molecule has 1 saturated carbocycles. The lowest BCUT2D eigenvalue weighted by atomic mass is 9.88. The molecule has 0 aliphatic heterocycles. The van der Waals surface area contributed by atoms with Crippen LogP contribution >= 0.6 is 0 Å². The van der Waals surface area contributed by atoms with Gasteiger partial charge in [-0.1, -0.05) is 59.4 Å². The largest absolute Gasteiger partial charge is 0.497 e. The summed E-state index contributed by atoms with van der Waals surface area (Å²) < 4.78 is 18.0. The van der Waals surface area contributed by atoms with Crippen LogP contribution in [0, 0.1) is 5.41 Å². The molecule has 0 amide bonds. The normalized spacial score (nSPS) is 21.4. The van der Waals surface area contributed by atoms with Gasteiger partial charge in [-0.05, 0) is 58.8 Å². The predicted molar refractivity (Wildman–Crippen MR) is 120 cm³/mol. The zero-order valence-corrected chi connectivity index (χ0v) is 20.0. The molecule has 1 aliphatic carbocycles. The third-order valence-electron chi connectivity index (χ3n) is 6.20. The molecule has 1 aromatic carbocycles. The summed E-state index contributed by atoms with van der Waals surface area (Å²) in [6.45, 7) is 21.4. The minimum absolute atomic E-state index is 0.0325. The van der Waals surface area contributed by atoms with Crippen molar-refractivity contribution in [2.24, 2.45) is 5.41 Å². The van der Waals surface area contributed by atoms with E-state index >= 15 is 0 Å². The molecule has 0 unspecified atom stereocenters. The second-order valence-electron chi connectivity index (χ2n) is 10.0. The van der Waals surface area contributed by atoms with Gasteiger partial charge in [-0.2, -0.15) is 0 Å². The van der Waals surface area contributed by atoms with Crippen LogP contribution in [-0.4, -0.2) is 28.1 Å². The van der Waals surface area contributed by atoms with Crippen LogP contribution in [0.15, 0.2) is 48.1 Å². The highest BCUT2D eigenvalue weighted by Crippen LogP contribution is 2.46. The first-order chi connectivity index (χ1) is 12.9. The molecule has 0 heterocycles. The van der Waals surface area contributed by atoms with E-state index in [9.17, 15) is 0 Å². The lowest BCUT2D eigenvalue weighted by Gasteiger charge is -2.36. The van der Waals surface area contributed by atoms with Crippen LogP contribution in [0.5, 0.6) is 5.75 Å². The van der Waals surface area contributed by atoms with Gasteiger partial charge in [0.25, 0.3) is 0 Å². The molecule has 28 heavy (non-hydrogen) atoms. The number of benzene rings is 1. The van der Waals surface area contributed by atoms with Gasteiger partial charge in [0.05, 0.1) is 26.4 Å². The molecule has 1 aromatic rings. The smallest absolute Gasteiger partial charge is 0.192 e. The lowest BCUT2D eigenvalue weighted by Crippen LogP contribution is -2.40. The summed E-state index contributed by atoms with van der Waals surface area (Å²) in [5.41, 5.74) is 3.55. The quantitative estimate of drug-likeness (QED) is 0.486. The molecule has 0 N–H and O–H groups in total. The summed E-state index contributed by atoms with van der Waals surface area (Å²) in [5.74, 6) is 0.863. The fourth-order valence-corrected chi connectivity index (χ4v) is 4.31. The van der Waals surface area contributed by atoms with Crippen molar-refractivity contribution in [2.75, 3.05) is 13.7 Å². The molecule has 2 rings (SSSR count). The van der Waals surface area contributed by atoms with Crippen molar-refractivity contribution >= 4 is 8.32 Å². The molecular formula is C24H38O3Si. The molecule has 4 heteroatoms. The third-order valence-corrected chi connectivity index (χ3v) is 10.7. The lowest BCUT2D eigenvalue weighted by molar-refractivity contribution is 0.00380. The van der Waals surface area contributed by atoms with Crippen LogP contribution in [0.3, 0.4) is 0 Å². The average Bonchev–Trinajstić information content (AvgIpc) is 2.80. The maximum atomic E-state index is 6.40. The van der Waals surface area contributed by atoms with Gasteiger partial charge in [0.1, 0.15) is 5.75 Å². The van der Waals surface area contributed by atoms with Gasteiger partial charge in [-0.15, -0.1) is 0 Å². The van der Waals surface area contributed by atoms with Gasteiger partial charge in [-0.25, -0.2) is 0 Å². The Labute approximate surface area is 172 Å². The maximum Gasteiger partial charge on any atom is 0.192 e. The number of hydrogen-bond acceptors (Lipinski definition) is 3. The maximum absolute atomic E-state index is 6.40. The van der Waals surface area contributed by atoms with Gasteiger partial charge in [0.2, 0.25) is 0 Å². The number of ether oxygens (including phenoxy) is 2. The molecule has 1 aliphatic rings. The van der Waals surface area contributed by atoms with E-state index in [1.54, 1.807) is 7.11 Å². The van der Waals surface area contributed by atoms with Gasteiger partial charge < -0.3 is 13.9 Å². The van der Waals surface area contributed by atoms with Crippen LogP contribution < -0.4 is 4.74 Å². The van der Waals surface area contributed by atoms with E-state index in [0.29, 0.717) is 13.2 Å². The minimum Gasteiger partial charge on any atom is -0.497 e. The summed E-state index contributed by atoms with van der Waals surface area (Å²) in [5, 5.41) is 0.210. The van der Waals surface area contributed by atoms with Crippen LogP contribution in [0.1, 0.15) is 46.6 Å². The Kier molecular flexibility index (Phi) is 7.01. The Hall–Kier alpha value is -1.36. The van der Waals surface area contributed by atoms with Gasteiger partial charge in [-0.3, -0.25) is 0 Å². The molecule has 0 spiro atoms. The Morgan fingerprint density at radius 1 is 1.18 bits per heavy atom. The van der Waals surface area contributed by atoms with Gasteiger partial charge in [0.15, 0.2) is 8.32 Å². The predicted octanol–water partition coefficient (Wildman–Crippen LogP) is 6.51. The number of rotatable bonds is 7. The van der Waals surface area contributed by atoms with Crippen molar-refractivity contribution in [2.45, 2.75) is 71.9 Å². The molecule has 0 aromatic heterocycles. The van der Waals surface area contributed by atoms with E-state index in [-0.39, 0.29) is 16.6 Å². The standard InChI is InChI=1S/C24H38O3Si/c1-18-16-24(5,6)22(26-17-19-10-12-20(25-7)13-11-19)21(18)14-15-27-28(8,9)23(2,3)4/h10-14,22H,1,15-17H2,2-9H3/b21-14-/t22-/m0/s1. The Balaban J connectivity index is 2.09. The average molecular weight is 403 g/mol. The summed E-state index contributed by atoms with van der Waals surface area (Å²) in [7, 11) is -0.0821. The van der Waals surface area contributed by atoms with Gasteiger partial charge in [0, 0.05) is 0 Å². The molecule has 156 valence electrons. The molecule has 0 radical (unpaired) electrons. The fourth-order valence-electron chi connectivity index (χ4n) is 3.38. The summed E-state index contributed by atoms with van der Waals surface area (Å²) >= 11 is 0. The van der Waals surface area contributed by atoms with Crippen molar-refractivity contribution in [3.63, 3.8) is 0 Å². The SMILES string of the molecule is C=C1CC(C)(C)[C@@H](OCc2ccc(OC)cc2)/C1=C\CO[Si](C)(C)C(C)(C)C. The monoisotopic (exact) mass is 402 g/mol. The minimum atomic E-state index is -1.76. The van der Waals surface area contributed by atoms with Crippen molar-refractivity contribution in [3.05, 3.63) is 53.6 Å². The van der Waals surface area contributed by atoms with E-state index in [1.165, 1.54) is 11.1 Å². The first-order valence-electron chi connectivity index (χ1n) is 10.1. The van der Waals surface area contributed by atoms with E-state index in [0.717, 1.165) is 17.7 Å². The second-order valence-corrected chi connectivity index (χ2v) is 14.8. The Morgan fingerprint density at radius 2 is 1.79 bits per heavy atom. The van der Waals surface area contributed by atoms with Crippen molar-refractivity contribution < 1.29 is 13.9 Å². The molecule has 1 fully saturated rings.